The summed E-state index contributed by atoms with van der Waals surface area (Å²) >= 11 is 3.48. The Kier molecular flexibility index (Phi) is 6.48. The van der Waals surface area contributed by atoms with Crippen molar-refractivity contribution in [2.75, 3.05) is 0 Å². The Bertz CT molecular complexity index is 766. The SMILES string of the molecule is Cc1nc(C2(NS(=O)C(C)(C)C)CC(C)(O[Si](C)(C)C(C)(C)C)C2)ncc1Br. The minimum absolute atomic E-state index is 0.140. The van der Waals surface area contributed by atoms with Crippen molar-refractivity contribution < 1.29 is 8.63 Å². The highest BCUT2D eigenvalue weighted by molar-refractivity contribution is 9.10. The van der Waals surface area contributed by atoms with Crippen molar-refractivity contribution in [1.29, 1.82) is 0 Å². The lowest BCUT2D eigenvalue weighted by Crippen LogP contribution is -2.66. The Labute approximate surface area is 182 Å². The molecule has 1 atom stereocenters. The fourth-order valence-corrected chi connectivity index (χ4v) is 6.13. The van der Waals surface area contributed by atoms with Gasteiger partial charge >= 0.3 is 0 Å². The summed E-state index contributed by atoms with van der Waals surface area (Å²) in [6, 6.07) is 0. The number of nitrogens with zero attached hydrogens (tertiary/aromatic N) is 2. The van der Waals surface area contributed by atoms with Crippen LogP contribution in [0.3, 0.4) is 0 Å². The first-order valence-electron chi connectivity index (χ1n) is 9.80. The number of aryl methyl sites for hydroxylation is 1. The summed E-state index contributed by atoms with van der Waals surface area (Å²) in [6.07, 6.45) is 3.19. The molecule has 8 heteroatoms. The van der Waals surface area contributed by atoms with Crippen molar-refractivity contribution in [3.63, 3.8) is 0 Å². The van der Waals surface area contributed by atoms with Gasteiger partial charge in [0, 0.05) is 19.0 Å². The molecule has 1 fully saturated rings. The highest BCUT2D eigenvalue weighted by Crippen LogP contribution is 2.53. The summed E-state index contributed by atoms with van der Waals surface area (Å²) in [7, 11) is -3.15. The third-order valence-electron chi connectivity index (χ3n) is 5.85. The van der Waals surface area contributed by atoms with Crippen LogP contribution < -0.4 is 4.72 Å². The molecule has 0 spiro atoms. The highest BCUT2D eigenvalue weighted by Gasteiger charge is 2.59. The molecule has 0 amide bonds. The normalized spacial score (nSPS) is 27.4. The fourth-order valence-electron chi connectivity index (χ4n) is 3.36. The van der Waals surface area contributed by atoms with E-state index in [-0.39, 0.29) is 15.4 Å². The molecule has 0 saturated heterocycles. The molecule has 1 aliphatic carbocycles. The number of halogens is 1. The number of nitrogens with one attached hydrogen (secondary N) is 1. The molecule has 1 aromatic heterocycles. The van der Waals surface area contributed by atoms with Crippen LogP contribution in [0.1, 0.15) is 72.8 Å². The molecule has 0 bridgehead atoms. The quantitative estimate of drug-likeness (QED) is 0.564. The third kappa shape index (κ3) is 4.94. The lowest BCUT2D eigenvalue weighted by molar-refractivity contribution is -0.0721. The highest BCUT2D eigenvalue weighted by atomic mass is 79.9. The number of hydrogen-bond donors (Lipinski definition) is 1. The smallest absolute Gasteiger partial charge is 0.192 e. The van der Waals surface area contributed by atoms with Gasteiger partial charge in [0.05, 0.1) is 37.0 Å². The van der Waals surface area contributed by atoms with E-state index < -0.39 is 24.8 Å². The number of aromatic nitrogens is 2. The van der Waals surface area contributed by atoms with E-state index >= 15 is 0 Å². The molecule has 2 rings (SSSR count). The Morgan fingerprint density at radius 2 is 1.75 bits per heavy atom. The second-order valence-electron chi connectivity index (χ2n) is 10.9. The summed E-state index contributed by atoms with van der Waals surface area (Å²) in [5.41, 5.74) is 0.0648. The largest absolute Gasteiger partial charge is 0.411 e. The zero-order valence-corrected chi connectivity index (χ0v) is 22.4. The second-order valence-corrected chi connectivity index (χ2v) is 18.4. The van der Waals surface area contributed by atoms with E-state index in [1.54, 1.807) is 6.20 Å². The van der Waals surface area contributed by atoms with Crippen molar-refractivity contribution >= 4 is 35.2 Å². The van der Waals surface area contributed by atoms with Gasteiger partial charge in [-0.25, -0.2) is 18.9 Å². The lowest BCUT2D eigenvalue weighted by atomic mass is 9.66. The van der Waals surface area contributed by atoms with Crippen molar-refractivity contribution in [3.8, 4) is 0 Å². The summed E-state index contributed by atoms with van der Waals surface area (Å²) < 4.78 is 23.6. The maximum atomic E-state index is 13.0. The van der Waals surface area contributed by atoms with Crippen LogP contribution in [0, 0.1) is 6.92 Å². The van der Waals surface area contributed by atoms with Crippen LogP contribution in [0.4, 0.5) is 0 Å². The maximum absolute atomic E-state index is 13.0. The first-order valence-corrected chi connectivity index (χ1v) is 14.7. The molecule has 0 aliphatic heterocycles. The predicted octanol–water partition coefficient (Wildman–Crippen LogP) is 5.37. The van der Waals surface area contributed by atoms with Crippen LogP contribution in [-0.4, -0.2) is 32.8 Å². The minimum Gasteiger partial charge on any atom is -0.411 e. The van der Waals surface area contributed by atoms with Crippen LogP contribution in [0.15, 0.2) is 10.7 Å². The lowest BCUT2D eigenvalue weighted by Gasteiger charge is -2.57. The van der Waals surface area contributed by atoms with Crippen molar-refractivity contribution in [1.82, 2.24) is 14.7 Å². The molecule has 28 heavy (non-hydrogen) atoms. The van der Waals surface area contributed by atoms with E-state index in [2.05, 4.69) is 66.4 Å². The molecule has 1 saturated carbocycles. The van der Waals surface area contributed by atoms with E-state index in [9.17, 15) is 4.21 Å². The van der Waals surface area contributed by atoms with Gasteiger partial charge < -0.3 is 4.43 Å². The van der Waals surface area contributed by atoms with Crippen molar-refractivity contribution in [2.24, 2.45) is 0 Å². The molecule has 1 aromatic rings. The van der Waals surface area contributed by atoms with Gasteiger partial charge in [-0.2, -0.15) is 0 Å². The molecule has 1 aliphatic rings. The van der Waals surface area contributed by atoms with E-state index in [1.807, 2.05) is 27.7 Å². The van der Waals surface area contributed by atoms with E-state index in [0.29, 0.717) is 18.7 Å². The summed E-state index contributed by atoms with van der Waals surface area (Å²) in [5.74, 6) is 0.696. The van der Waals surface area contributed by atoms with Gasteiger partial charge in [0.2, 0.25) is 0 Å². The van der Waals surface area contributed by atoms with Crippen LogP contribution in [-0.2, 0) is 21.0 Å². The topological polar surface area (TPSA) is 64.1 Å². The number of hydrogen-bond acceptors (Lipinski definition) is 4. The molecule has 160 valence electrons. The Morgan fingerprint density at radius 3 is 2.18 bits per heavy atom. The molecule has 0 aromatic carbocycles. The van der Waals surface area contributed by atoms with E-state index in [1.165, 1.54) is 0 Å². The molecule has 1 N–H and O–H groups in total. The van der Waals surface area contributed by atoms with Gasteiger partial charge in [0.25, 0.3) is 0 Å². The van der Waals surface area contributed by atoms with Gasteiger partial charge in [0.15, 0.2) is 8.32 Å². The van der Waals surface area contributed by atoms with Gasteiger partial charge in [0.1, 0.15) is 5.82 Å². The molecule has 1 heterocycles. The monoisotopic (exact) mass is 489 g/mol. The number of rotatable bonds is 5. The Hall–Kier alpha value is -0.153. The van der Waals surface area contributed by atoms with Crippen molar-refractivity contribution in [2.45, 2.75) is 102 Å². The van der Waals surface area contributed by atoms with Crippen LogP contribution in [0.5, 0.6) is 0 Å². The average Bonchev–Trinajstić information content (AvgIpc) is 2.45. The fraction of sp³-hybridized carbons (Fsp3) is 0.800. The second kappa shape index (κ2) is 7.52. The Balaban J connectivity index is 2.36. The van der Waals surface area contributed by atoms with Gasteiger partial charge in [-0.05, 0) is 68.7 Å². The standard InChI is InChI=1S/C20H36BrN3O2SSi/c1-14-15(21)11-22-16(23-14)20(24-27(25)17(2,3)4)12-19(8,13-20)26-28(9,10)18(5,6)7/h11,24H,12-13H2,1-10H3. The summed E-state index contributed by atoms with van der Waals surface area (Å²) in [4.78, 5) is 9.29. The maximum Gasteiger partial charge on any atom is 0.192 e. The molecule has 1 unspecified atom stereocenters. The first-order chi connectivity index (χ1) is 12.4. The van der Waals surface area contributed by atoms with Gasteiger partial charge in [-0.15, -0.1) is 0 Å². The average molecular weight is 491 g/mol. The van der Waals surface area contributed by atoms with Gasteiger partial charge in [-0.1, -0.05) is 20.8 Å². The van der Waals surface area contributed by atoms with E-state index in [0.717, 1.165) is 10.2 Å². The first kappa shape index (κ1) is 24.1. The van der Waals surface area contributed by atoms with Crippen LogP contribution >= 0.6 is 15.9 Å². The van der Waals surface area contributed by atoms with Crippen LogP contribution in [0.25, 0.3) is 0 Å². The van der Waals surface area contributed by atoms with Gasteiger partial charge in [-0.3, -0.25) is 0 Å². The summed E-state index contributed by atoms with van der Waals surface area (Å²) in [5, 5.41) is 0.140. The predicted molar refractivity (Wildman–Crippen MR) is 123 cm³/mol. The van der Waals surface area contributed by atoms with Crippen molar-refractivity contribution in [3.05, 3.63) is 22.2 Å². The molecule has 0 radical (unpaired) electrons. The molecular weight excluding hydrogens is 454 g/mol. The minimum atomic E-state index is -1.92. The molecular formula is C20H36BrN3O2SSi. The molecule has 5 nitrogen and oxygen atoms in total. The third-order valence-corrected chi connectivity index (χ3v) is 12.9. The van der Waals surface area contributed by atoms with Crippen LogP contribution in [0.2, 0.25) is 18.1 Å². The van der Waals surface area contributed by atoms with E-state index in [4.69, 9.17) is 9.41 Å². The Morgan fingerprint density at radius 1 is 1.21 bits per heavy atom. The summed E-state index contributed by atoms with van der Waals surface area (Å²) in [6.45, 7) is 21.4. The zero-order valence-electron chi connectivity index (χ0n) is 19.0. The zero-order chi connectivity index (χ0) is 21.8.